The second-order valence-electron chi connectivity index (χ2n) is 4.48. The lowest BCUT2D eigenvalue weighted by atomic mass is 10.1. The Morgan fingerprint density at radius 2 is 1.94 bits per heavy atom. The molecule has 1 aromatic heterocycles. The molecule has 1 atom stereocenters. The molecule has 88 valence electrons. The minimum atomic E-state index is -0.186. The highest BCUT2D eigenvalue weighted by atomic mass is 32.1. The monoisotopic (exact) mass is 247 g/mol. The van der Waals surface area contributed by atoms with E-state index >= 15 is 0 Å². The van der Waals surface area contributed by atoms with Crippen molar-refractivity contribution in [2.75, 3.05) is 5.32 Å². The Morgan fingerprint density at radius 1 is 1.18 bits per heavy atom. The van der Waals surface area contributed by atoms with Crippen molar-refractivity contribution in [3.63, 3.8) is 0 Å². The van der Waals surface area contributed by atoms with Gasteiger partial charge in [-0.05, 0) is 54.5 Å². The number of halogens is 1. The average Bonchev–Trinajstić information content (AvgIpc) is 3.03. The first-order chi connectivity index (χ1) is 8.33. The van der Waals surface area contributed by atoms with Crippen LogP contribution in [0.1, 0.15) is 23.8 Å². The van der Waals surface area contributed by atoms with Gasteiger partial charge in [-0.25, -0.2) is 4.39 Å². The van der Waals surface area contributed by atoms with Gasteiger partial charge in [-0.1, -0.05) is 6.07 Å². The van der Waals surface area contributed by atoms with Gasteiger partial charge in [-0.3, -0.25) is 0 Å². The number of rotatable bonds is 4. The summed E-state index contributed by atoms with van der Waals surface area (Å²) in [6.45, 7) is 0. The van der Waals surface area contributed by atoms with Crippen molar-refractivity contribution >= 4 is 17.0 Å². The first-order valence-electron chi connectivity index (χ1n) is 5.88. The lowest BCUT2D eigenvalue weighted by molar-refractivity contribution is 0.627. The summed E-state index contributed by atoms with van der Waals surface area (Å²) < 4.78 is 12.8. The van der Waals surface area contributed by atoms with E-state index in [1.54, 1.807) is 23.5 Å². The lowest BCUT2D eigenvalue weighted by Crippen LogP contribution is -2.11. The van der Waals surface area contributed by atoms with Gasteiger partial charge in [0.05, 0.1) is 6.04 Å². The van der Waals surface area contributed by atoms with Crippen LogP contribution >= 0.6 is 11.3 Å². The van der Waals surface area contributed by atoms with E-state index in [0.29, 0.717) is 6.04 Å². The zero-order valence-corrected chi connectivity index (χ0v) is 10.2. The maximum atomic E-state index is 12.8. The van der Waals surface area contributed by atoms with Gasteiger partial charge >= 0.3 is 0 Å². The van der Waals surface area contributed by atoms with Gasteiger partial charge in [-0.15, -0.1) is 11.3 Å². The first-order valence-corrected chi connectivity index (χ1v) is 6.76. The van der Waals surface area contributed by atoms with Gasteiger partial charge < -0.3 is 5.32 Å². The molecule has 1 aliphatic rings. The van der Waals surface area contributed by atoms with E-state index in [0.717, 1.165) is 11.6 Å². The molecule has 0 bridgehead atoms. The maximum absolute atomic E-state index is 12.8. The molecule has 1 aromatic carbocycles. The molecule has 0 aliphatic heterocycles. The Labute approximate surface area is 104 Å². The molecule has 1 unspecified atom stereocenters. The molecule has 0 spiro atoms. The normalized spacial score (nSPS) is 16.8. The Kier molecular flexibility index (Phi) is 2.85. The summed E-state index contributed by atoms with van der Waals surface area (Å²) in [5.41, 5.74) is 0.997. The Bertz CT molecular complexity index is 473. The number of thiophene rings is 1. The molecule has 17 heavy (non-hydrogen) atoms. The zero-order chi connectivity index (χ0) is 11.7. The van der Waals surface area contributed by atoms with Crippen molar-refractivity contribution in [3.05, 3.63) is 52.5 Å². The highest BCUT2D eigenvalue weighted by Crippen LogP contribution is 2.44. The largest absolute Gasteiger partial charge is 0.377 e. The molecule has 3 rings (SSSR count). The quantitative estimate of drug-likeness (QED) is 0.841. The van der Waals surface area contributed by atoms with Crippen LogP contribution in [0.3, 0.4) is 0 Å². The first kappa shape index (κ1) is 10.8. The maximum Gasteiger partial charge on any atom is 0.123 e. The number of nitrogens with one attached hydrogen (secondary N) is 1. The molecule has 1 heterocycles. The Morgan fingerprint density at radius 3 is 2.53 bits per heavy atom. The molecule has 3 heteroatoms. The van der Waals surface area contributed by atoms with Crippen LogP contribution in [-0.2, 0) is 0 Å². The van der Waals surface area contributed by atoms with Crippen molar-refractivity contribution in [2.45, 2.75) is 18.9 Å². The third-order valence-corrected chi connectivity index (χ3v) is 4.06. The molecule has 0 amide bonds. The molecule has 0 radical (unpaired) electrons. The van der Waals surface area contributed by atoms with Gasteiger partial charge in [0, 0.05) is 10.6 Å². The molecular weight excluding hydrogens is 233 g/mol. The van der Waals surface area contributed by atoms with E-state index in [4.69, 9.17) is 0 Å². The van der Waals surface area contributed by atoms with Gasteiger partial charge in [0.2, 0.25) is 0 Å². The second-order valence-corrected chi connectivity index (χ2v) is 5.46. The summed E-state index contributed by atoms with van der Waals surface area (Å²) in [6, 6.07) is 11.3. The lowest BCUT2D eigenvalue weighted by Gasteiger charge is -2.18. The summed E-state index contributed by atoms with van der Waals surface area (Å²) in [5, 5.41) is 5.62. The highest BCUT2D eigenvalue weighted by Gasteiger charge is 2.32. The fraction of sp³-hybridized carbons (Fsp3) is 0.286. The van der Waals surface area contributed by atoms with Crippen LogP contribution in [0.15, 0.2) is 41.8 Å². The van der Waals surface area contributed by atoms with Crippen molar-refractivity contribution in [3.8, 4) is 0 Å². The van der Waals surface area contributed by atoms with Crippen molar-refractivity contribution < 1.29 is 4.39 Å². The van der Waals surface area contributed by atoms with E-state index in [-0.39, 0.29) is 5.82 Å². The van der Waals surface area contributed by atoms with Crippen LogP contribution in [0.2, 0.25) is 0 Å². The SMILES string of the molecule is Fc1ccc(NC(c2cccs2)C2CC2)cc1. The van der Waals surface area contributed by atoms with Crippen molar-refractivity contribution in [1.29, 1.82) is 0 Å². The molecule has 1 N–H and O–H groups in total. The number of hydrogen-bond donors (Lipinski definition) is 1. The number of benzene rings is 1. The second kappa shape index (κ2) is 4.49. The Hall–Kier alpha value is -1.35. The van der Waals surface area contributed by atoms with Crippen LogP contribution in [0.25, 0.3) is 0 Å². The number of hydrogen-bond acceptors (Lipinski definition) is 2. The van der Waals surface area contributed by atoms with Crippen LogP contribution < -0.4 is 5.32 Å². The third kappa shape index (κ3) is 2.50. The van der Waals surface area contributed by atoms with E-state index < -0.39 is 0 Å². The average molecular weight is 247 g/mol. The summed E-state index contributed by atoms with van der Waals surface area (Å²) in [4.78, 5) is 1.37. The van der Waals surface area contributed by atoms with Gasteiger partial charge in [0.25, 0.3) is 0 Å². The fourth-order valence-electron chi connectivity index (χ4n) is 2.04. The van der Waals surface area contributed by atoms with Gasteiger partial charge in [0.1, 0.15) is 5.82 Å². The van der Waals surface area contributed by atoms with Crippen LogP contribution in [-0.4, -0.2) is 0 Å². The van der Waals surface area contributed by atoms with E-state index in [9.17, 15) is 4.39 Å². The summed E-state index contributed by atoms with van der Waals surface area (Å²) in [7, 11) is 0. The van der Waals surface area contributed by atoms with Crippen molar-refractivity contribution in [2.24, 2.45) is 5.92 Å². The van der Waals surface area contributed by atoms with E-state index in [2.05, 4.69) is 22.8 Å². The predicted molar refractivity (Wildman–Crippen MR) is 69.8 cm³/mol. The van der Waals surface area contributed by atoms with Crippen LogP contribution in [0.4, 0.5) is 10.1 Å². The molecule has 2 aromatic rings. The third-order valence-electron chi connectivity index (χ3n) is 3.11. The smallest absolute Gasteiger partial charge is 0.123 e. The van der Waals surface area contributed by atoms with Crippen molar-refractivity contribution in [1.82, 2.24) is 0 Å². The highest BCUT2D eigenvalue weighted by molar-refractivity contribution is 7.10. The predicted octanol–water partition coefficient (Wildman–Crippen LogP) is 4.45. The van der Waals surface area contributed by atoms with E-state index in [1.807, 2.05) is 0 Å². The van der Waals surface area contributed by atoms with Crippen LogP contribution in [0, 0.1) is 11.7 Å². The summed E-state index contributed by atoms with van der Waals surface area (Å²) in [5.74, 6) is 0.549. The molecule has 0 saturated heterocycles. The summed E-state index contributed by atoms with van der Waals surface area (Å²) in [6.07, 6.45) is 2.58. The molecule has 1 fully saturated rings. The Balaban J connectivity index is 1.79. The minimum Gasteiger partial charge on any atom is -0.377 e. The number of anilines is 1. The molecule has 1 aliphatic carbocycles. The molecular formula is C14H14FNS. The minimum absolute atomic E-state index is 0.186. The van der Waals surface area contributed by atoms with Gasteiger partial charge in [-0.2, -0.15) is 0 Å². The van der Waals surface area contributed by atoms with E-state index in [1.165, 1.54) is 29.9 Å². The van der Waals surface area contributed by atoms with Crippen LogP contribution in [0.5, 0.6) is 0 Å². The fourth-order valence-corrected chi connectivity index (χ4v) is 2.91. The molecule has 1 nitrogen and oxygen atoms in total. The topological polar surface area (TPSA) is 12.0 Å². The zero-order valence-electron chi connectivity index (χ0n) is 9.40. The molecule has 1 saturated carbocycles. The standard InChI is InChI=1S/C14H14FNS/c15-11-5-7-12(8-6-11)16-14(10-3-4-10)13-2-1-9-17-13/h1-2,5-10,14,16H,3-4H2. The van der Waals surface area contributed by atoms with Gasteiger partial charge in [0.15, 0.2) is 0 Å². The summed E-state index contributed by atoms with van der Waals surface area (Å²) >= 11 is 1.79.